The van der Waals surface area contributed by atoms with E-state index in [0.29, 0.717) is 57.7 Å². The van der Waals surface area contributed by atoms with Crippen molar-refractivity contribution in [2.24, 2.45) is 5.10 Å². The summed E-state index contributed by atoms with van der Waals surface area (Å²) in [6, 6.07) is 23.3. The number of aryl methyl sites for hydroxylation is 1. The number of rotatable bonds is 12. The Kier molecular flexibility index (Phi) is 10.6. The Labute approximate surface area is 278 Å². The lowest BCUT2D eigenvalue weighted by Crippen LogP contribution is -2.21. The monoisotopic (exact) mass is 652 g/mol. The highest BCUT2D eigenvalue weighted by Crippen LogP contribution is 2.34. The Balaban J connectivity index is 1.48. The summed E-state index contributed by atoms with van der Waals surface area (Å²) in [5.41, 5.74) is 4.26. The summed E-state index contributed by atoms with van der Waals surface area (Å²) in [5, 5.41) is 8.45. The molecular formula is C37H37ClN4O5. The molecule has 1 heterocycles. The number of hydrogen-bond acceptors (Lipinski definition) is 7. The van der Waals surface area contributed by atoms with Crippen molar-refractivity contribution in [2.75, 3.05) is 25.1 Å². The molecule has 5 rings (SSSR count). The number of amides is 1. The van der Waals surface area contributed by atoms with E-state index in [0.717, 1.165) is 22.4 Å². The largest absolute Gasteiger partial charge is 0.494 e. The van der Waals surface area contributed by atoms with Crippen LogP contribution in [0.1, 0.15) is 50.3 Å². The number of hydrogen-bond donors (Lipinski definition) is 1. The summed E-state index contributed by atoms with van der Waals surface area (Å²) in [4.78, 5) is 31.3. The van der Waals surface area contributed by atoms with Crippen LogP contribution >= 0.6 is 11.6 Å². The van der Waals surface area contributed by atoms with E-state index in [1.807, 2.05) is 45.0 Å². The maximum absolute atomic E-state index is 13.9. The van der Waals surface area contributed by atoms with Crippen LogP contribution in [0.2, 0.25) is 5.02 Å². The van der Waals surface area contributed by atoms with Gasteiger partial charge in [0, 0.05) is 16.3 Å². The first-order chi connectivity index (χ1) is 22.7. The molecule has 1 amide bonds. The maximum Gasteiger partial charge on any atom is 0.282 e. The number of carbonyl (C=O) groups excluding carboxylic acids is 1. The molecule has 9 nitrogen and oxygen atoms in total. The van der Waals surface area contributed by atoms with Gasteiger partial charge in [-0.15, -0.1) is 0 Å². The standard InChI is InChI=1S/C37H37ClN4O5/c1-6-45-33-18-24(5)30(20-29(33)23(3)4)36-41-31-11-9-8-10-28(31)37(44)42(36)39-21-25-12-17-32(34(19-25)46-7-2)47-22-35(43)40-27-15-13-26(38)14-16-27/h8-21,23H,6-7,22H2,1-5H3,(H,40,43). The SMILES string of the molecule is CCOc1cc(C=Nn2c(-c3cc(C(C)C)c(OCC)cc3C)nc3ccccc3c2=O)ccc1OCC(=O)Nc1ccc(Cl)cc1. The summed E-state index contributed by atoms with van der Waals surface area (Å²) in [7, 11) is 0. The Morgan fingerprint density at radius 2 is 1.66 bits per heavy atom. The second kappa shape index (κ2) is 15.0. The fraction of sp³-hybridized carbons (Fsp3) is 0.243. The molecule has 1 N–H and O–H groups in total. The van der Waals surface area contributed by atoms with Crippen molar-refractivity contribution in [2.45, 2.75) is 40.5 Å². The van der Waals surface area contributed by atoms with E-state index >= 15 is 0 Å². The molecule has 0 saturated carbocycles. The minimum absolute atomic E-state index is 0.182. The number of nitrogens with zero attached hydrogens (tertiary/aromatic N) is 3. The third-order valence-corrected chi connectivity index (χ3v) is 7.60. The lowest BCUT2D eigenvalue weighted by atomic mass is 9.96. The number of nitrogens with one attached hydrogen (secondary N) is 1. The highest BCUT2D eigenvalue weighted by molar-refractivity contribution is 6.30. The number of para-hydroxylation sites is 1. The van der Waals surface area contributed by atoms with Gasteiger partial charge in [0.1, 0.15) is 5.75 Å². The number of benzene rings is 4. The lowest BCUT2D eigenvalue weighted by molar-refractivity contribution is -0.118. The van der Waals surface area contributed by atoms with Gasteiger partial charge >= 0.3 is 0 Å². The van der Waals surface area contributed by atoms with Gasteiger partial charge < -0.3 is 19.5 Å². The van der Waals surface area contributed by atoms with Crippen molar-refractivity contribution in [1.82, 2.24) is 9.66 Å². The molecule has 0 unspecified atom stereocenters. The predicted octanol–water partition coefficient (Wildman–Crippen LogP) is 7.85. The van der Waals surface area contributed by atoms with Crippen molar-refractivity contribution in [3.8, 4) is 28.6 Å². The van der Waals surface area contributed by atoms with E-state index in [1.54, 1.807) is 60.8 Å². The van der Waals surface area contributed by atoms with Crippen LogP contribution in [0.5, 0.6) is 17.2 Å². The van der Waals surface area contributed by atoms with Crippen LogP contribution < -0.4 is 25.1 Å². The third kappa shape index (κ3) is 7.81. The molecule has 0 aliphatic rings. The quantitative estimate of drug-likeness (QED) is 0.138. The molecule has 10 heteroatoms. The van der Waals surface area contributed by atoms with Crippen LogP contribution in [0.4, 0.5) is 5.69 Å². The number of aromatic nitrogens is 2. The summed E-state index contributed by atoms with van der Waals surface area (Å²) in [6.07, 6.45) is 1.58. The predicted molar refractivity (Wildman–Crippen MR) is 188 cm³/mol. The van der Waals surface area contributed by atoms with Gasteiger partial charge in [0.2, 0.25) is 0 Å². The summed E-state index contributed by atoms with van der Waals surface area (Å²) in [6.45, 7) is 10.7. The number of anilines is 1. The molecule has 0 saturated heterocycles. The molecule has 0 aliphatic heterocycles. The van der Waals surface area contributed by atoms with Crippen molar-refractivity contribution < 1.29 is 19.0 Å². The van der Waals surface area contributed by atoms with Gasteiger partial charge in [-0.05, 0) is 110 Å². The third-order valence-electron chi connectivity index (χ3n) is 7.35. The fourth-order valence-electron chi connectivity index (χ4n) is 5.07. The first-order valence-corrected chi connectivity index (χ1v) is 15.8. The smallest absolute Gasteiger partial charge is 0.282 e. The van der Waals surface area contributed by atoms with E-state index < -0.39 is 0 Å². The van der Waals surface area contributed by atoms with E-state index in [2.05, 4.69) is 24.3 Å². The Morgan fingerprint density at radius 1 is 0.936 bits per heavy atom. The second-order valence-corrected chi connectivity index (χ2v) is 11.5. The van der Waals surface area contributed by atoms with Crippen molar-refractivity contribution >= 4 is 40.3 Å². The second-order valence-electron chi connectivity index (χ2n) is 11.1. The minimum atomic E-state index is -0.332. The van der Waals surface area contributed by atoms with Gasteiger partial charge in [-0.1, -0.05) is 37.6 Å². The van der Waals surface area contributed by atoms with Crippen LogP contribution in [0.15, 0.2) is 88.8 Å². The molecule has 0 atom stereocenters. The fourth-order valence-corrected chi connectivity index (χ4v) is 5.19. The van der Waals surface area contributed by atoms with Crippen molar-refractivity contribution in [3.05, 3.63) is 111 Å². The molecule has 5 aromatic rings. The van der Waals surface area contributed by atoms with Gasteiger partial charge in [-0.3, -0.25) is 9.59 Å². The van der Waals surface area contributed by atoms with E-state index in [9.17, 15) is 9.59 Å². The zero-order valence-electron chi connectivity index (χ0n) is 27.0. The first kappa shape index (κ1) is 33.2. The van der Waals surface area contributed by atoms with Crippen molar-refractivity contribution in [3.63, 3.8) is 0 Å². The van der Waals surface area contributed by atoms with Crippen molar-refractivity contribution in [1.29, 1.82) is 0 Å². The van der Waals surface area contributed by atoms with Crippen LogP contribution in [-0.4, -0.2) is 41.6 Å². The first-order valence-electron chi connectivity index (χ1n) is 15.5. The molecule has 0 fully saturated rings. The molecular weight excluding hydrogens is 616 g/mol. The number of carbonyl (C=O) groups is 1. The van der Waals surface area contributed by atoms with Crippen LogP contribution in [0, 0.1) is 6.92 Å². The normalized spacial score (nSPS) is 11.3. The average Bonchev–Trinajstić information content (AvgIpc) is 3.05. The Hall–Kier alpha value is -5.15. The van der Waals surface area contributed by atoms with Gasteiger partial charge in [-0.25, -0.2) is 4.98 Å². The van der Waals surface area contributed by atoms with Crippen LogP contribution in [0.3, 0.4) is 0 Å². The topological polar surface area (TPSA) is 104 Å². The zero-order chi connectivity index (χ0) is 33.5. The molecule has 47 heavy (non-hydrogen) atoms. The highest BCUT2D eigenvalue weighted by atomic mass is 35.5. The van der Waals surface area contributed by atoms with E-state index in [1.165, 1.54) is 4.68 Å². The molecule has 4 aromatic carbocycles. The molecule has 242 valence electrons. The van der Waals surface area contributed by atoms with Crippen LogP contribution in [-0.2, 0) is 4.79 Å². The summed E-state index contributed by atoms with van der Waals surface area (Å²) in [5.74, 6) is 1.91. The molecule has 0 aliphatic carbocycles. The Morgan fingerprint density at radius 3 is 2.38 bits per heavy atom. The van der Waals surface area contributed by atoms with Gasteiger partial charge in [0.05, 0.1) is 30.3 Å². The highest BCUT2D eigenvalue weighted by Gasteiger charge is 2.19. The summed E-state index contributed by atoms with van der Waals surface area (Å²) < 4.78 is 18.9. The van der Waals surface area contributed by atoms with Gasteiger partial charge in [0.15, 0.2) is 23.9 Å². The number of halogens is 1. The number of ether oxygens (including phenoxy) is 3. The minimum Gasteiger partial charge on any atom is -0.494 e. The van der Waals surface area contributed by atoms with Crippen LogP contribution in [0.25, 0.3) is 22.3 Å². The average molecular weight is 653 g/mol. The number of fused-ring (bicyclic) bond motifs is 1. The zero-order valence-corrected chi connectivity index (χ0v) is 27.8. The molecule has 0 spiro atoms. The lowest BCUT2D eigenvalue weighted by Gasteiger charge is -2.18. The maximum atomic E-state index is 13.9. The Bertz CT molecular complexity index is 1990. The van der Waals surface area contributed by atoms with E-state index in [4.69, 9.17) is 30.8 Å². The van der Waals surface area contributed by atoms with Gasteiger partial charge in [-0.2, -0.15) is 9.78 Å². The molecule has 0 radical (unpaired) electrons. The molecule has 1 aromatic heterocycles. The summed E-state index contributed by atoms with van der Waals surface area (Å²) >= 11 is 5.93. The van der Waals surface area contributed by atoms with E-state index in [-0.39, 0.29) is 24.0 Å². The van der Waals surface area contributed by atoms with Gasteiger partial charge in [0.25, 0.3) is 11.5 Å². The molecule has 0 bridgehead atoms.